The van der Waals surface area contributed by atoms with Crippen molar-refractivity contribution in [1.82, 2.24) is 0 Å². The molecule has 1 aromatic carbocycles. The molecule has 3 rings (SSSR count). The molecule has 0 amide bonds. The number of hydrogen-bond acceptors (Lipinski definition) is 3. The van der Waals surface area contributed by atoms with Crippen molar-refractivity contribution in [2.45, 2.75) is 49.6 Å². The van der Waals surface area contributed by atoms with Crippen molar-refractivity contribution in [3.63, 3.8) is 0 Å². The molecular formula is C16H26O3Si2. The van der Waals surface area contributed by atoms with Gasteiger partial charge in [0, 0.05) is 26.7 Å². The van der Waals surface area contributed by atoms with E-state index < -0.39 is 22.2 Å². The van der Waals surface area contributed by atoms with Crippen LogP contribution in [0.25, 0.3) is 0 Å². The summed E-state index contributed by atoms with van der Waals surface area (Å²) in [5.41, 5.74) is 1.27. The second kappa shape index (κ2) is 4.68. The zero-order valence-corrected chi connectivity index (χ0v) is 15.9. The highest BCUT2D eigenvalue weighted by molar-refractivity contribution is 6.95. The Morgan fingerprint density at radius 2 is 1.90 bits per heavy atom. The lowest BCUT2D eigenvalue weighted by molar-refractivity contribution is -0.194. The second-order valence-electron chi connectivity index (χ2n) is 7.87. The molecule has 0 aromatic heterocycles. The van der Waals surface area contributed by atoms with Crippen LogP contribution in [0.3, 0.4) is 0 Å². The fourth-order valence-electron chi connectivity index (χ4n) is 4.58. The summed E-state index contributed by atoms with van der Waals surface area (Å²) in [5.74, 6) is 0.726. The molecule has 21 heavy (non-hydrogen) atoms. The Morgan fingerprint density at radius 3 is 2.52 bits per heavy atom. The summed E-state index contributed by atoms with van der Waals surface area (Å²) in [5, 5.41) is 0.620. The molecule has 3 unspecified atom stereocenters. The Kier molecular flexibility index (Phi) is 3.41. The molecule has 1 fully saturated rings. The third-order valence-corrected chi connectivity index (χ3v) is 14.5. The highest BCUT2D eigenvalue weighted by Crippen LogP contribution is 2.60. The maximum atomic E-state index is 6.61. The van der Waals surface area contributed by atoms with Crippen LogP contribution >= 0.6 is 0 Å². The van der Waals surface area contributed by atoms with Gasteiger partial charge in [0.25, 0.3) is 0 Å². The Balaban J connectivity index is 2.20. The highest BCUT2D eigenvalue weighted by atomic mass is 28.4. The SMILES string of the molecule is COC12COc3ccccc3C1C([Si](C)(C)C)[Si](C)(C)O2. The molecule has 2 heterocycles. The maximum Gasteiger partial charge on any atom is 0.200 e. The van der Waals surface area contributed by atoms with Crippen LogP contribution in [0, 0.1) is 0 Å². The quantitative estimate of drug-likeness (QED) is 0.771. The van der Waals surface area contributed by atoms with Crippen molar-refractivity contribution in [1.29, 1.82) is 0 Å². The zero-order chi connectivity index (χ0) is 15.5. The van der Waals surface area contributed by atoms with Crippen molar-refractivity contribution in [2.75, 3.05) is 13.7 Å². The minimum Gasteiger partial charge on any atom is -0.488 e. The first-order chi connectivity index (χ1) is 9.71. The molecule has 0 spiro atoms. The van der Waals surface area contributed by atoms with Crippen molar-refractivity contribution in [2.24, 2.45) is 0 Å². The summed E-state index contributed by atoms with van der Waals surface area (Å²) >= 11 is 0. The molecule has 116 valence electrons. The minimum absolute atomic E-state index is 0.306. The Morgan fingerprint density at radius 1 is 1.24 bits per heavy atom. The summed E-state index contributed by atoms with van der Waals surface area (Å²) in [6.07, 6.45) is 0. The molecular weight excluding hydrogens is 296 g/mol. The van der Waals surface area contributed by atoms with E-state index in [0.717, 1.165) is 5.75 Å². The lowest BCUT2D eigenvalue weighted by atomic mass is 9.89. The molecule has 3 nitrogen and oxygen atoms in total. The van der Waals surface area contributed by atoms with Crippen LogP contribution < -0.4 is 4.74 Å². The van der Waals surface area contributed by atoms with E-state index in [4.69, 9.17) is 13.9 Å². The highest BCUT2D eigenvalue weighted by Gasteiger charge is 2.66. The molecule has 3 atom stereocenters. The number of ether oxygens (including phenoxy) is 2. The molecule has 0 bridgehead atoms. The van der Waals surface area contributed by atoms with Crippen LogP contribution in [0.2, 0.25) is 37.9 Å². The van der Waals surface area contributed by atoms with E-state index in [1.807, 2.05) is 6.07 Å². The number of hydrogen-bond donors (Lipinski definition) is 0. The normalized spacial score (nSPS) is 34.0. The maximum absolute atomic E-state index is 6.61. The number of benzene rings is 1. The molecule has 5 heteroatoms. The van der Waals surface area contributed by atoms with E-state index in [2.05, 4.69) is 50.9 Å². The fraction of sp³-hybridized carbons (Fsp3) is 0.625. The Bertz CT molecular complexity index is 553. The standard InChI is InChI=1S/C16H26O3Si2/c1-17-16-11-18-13-10-8-7-9-12(13)14(16)15(20(2,3)4)21(5,6)19-16/h7-10,14-15H,11H2,1-6H3. The number of para-hydroxylation sites is 1. The van der Waals surface area contributed by atoms with Gasteiger partial charge in [-0.2, -0.15) is 0 Å². The van der Waals surface area contributed by atoms with Gasteiger partial charge in [0.2, 0.25) is 0 Å². The van der Waals surface area contributed by atoms with Gasteiger partial charge in [0.15, 0.2) is 14.1 Å². The second-order valence-corrected chi connectivity index (χ2v) is 17.8. The molecule has 0 saturated carbocycles. The van der Waals surface area contributed by atoms with Crippen molar-refractivity contribution in [3.05, 3.63) is 29.8 Å². The summed E-state index contributed by atoms with van der Waals surface area (Å²) < 4.78 is 18.5. The van der Waals surface area contributed by atoms with E-state index in [0.29, 0.717) is 17.7 Å². The van der Waals surface area contributed by atoms with E-state index >= 15 is 0 Å². The molecule has 1 aromatic rings. The first kappa shape index (κ1) is 15.3. The summed E-state index contributed by atoms with van der Waals surface area (Å²) in [7, 11) is -1.47. The minimum atomic E-state index is -1.84. The van der Waals surface area contributed by atoms with Crippen LogP contribution in [-0.4, -0.2) is 35.9 Å². The van der Waals surface area contributed by atoms with Gasteiger partial charge in [-0.25, -0.2) is 0 Å². The third kappa shape index (κ3) is 2.22. The molecule has 0 aliphatic carbocycles. The van der Waals surface area contributed by atoms with E-state index in [-0.39, 0.29) is 0 Å². The Hall–Kier alpha value is -0.626. The fourth-order valence-corrected chi connectivity index (χ4v) is 17.1. The van der Waals surface area contributed by atoms with Gasteiger partial charge >= 0.3 is 0 Å². The van der Waals surface area contributed by atoms with Gasteiger partial charge in [0.1, 0.15) is 12.4 Å². The van der Waals surface area contributed by atoms with Crippen LogP contribution in [0.15, 0.2) is 24.3 Å². The summed E-state index contributed by atoms with van der Waals surface area (Å²) in [6.45, 7) is 12.6. The number of methoxy groups -OCH3 is 1. The van der Waals surface area contributed by atoms with Crippen LogP contribution in [-0.2, 0) is 9.16 Å². The average molecular weight is 323 g/mol. The van der Waals surface area contributed by atoms with E-state index in [9.17, 15) is 0 Å². The van der Waals surface area contributed by atoms with Gasteiger partial charge in [-0.1, -0.05) is 37.8 Å². The number of fused-ring (bicyclic) bond motifs is 3. The van der Waals surface area contributed by atoms with E-state index in [1.165, 1.54) is 5.56 Å². The molecule has 2 aliphatic rings. The van der Waals surface area contributed by atoms with Gasteiger partial charge in [0.05, 0.1) is 0 Å². The van der Waals surface area contributed by atoms with Crippen LogP contribution in [0.5, 0.6) is 5.75 Å². The lowest BCUT2D eigenvalue weighted by Gasteiger charge is -2.42. The van der Waals surface area contributed by atoms with Crippen molar-refractivity contribution >= 4 is 16.4 Å². The molecule has 2 aliphatic heterocycles. The Labute approximate surface area is 129 Å². The molecule has 0 radical (unpaired) electrons. The smallest absolute Gasteiger partial charge is 0.200 e. The average Bonchev–Trinajstić information content (AvgIpc) is 2.66. The van der Waals surface area contributed by atoms with Gasteiger partial charge in [-0.3, -0.25) is 0 Å². The van der Waals surface area contributed by atoms with Gasteiger partial charge in [-0.15, -0.1) is 0 Å². The topological polar surface area (TPSA) is 27.7 Å². The zero-order valence-electron chi connectivity index (χ0n) is 13.9. The lowest BCUT2D eigenvalue weighted by Crippen LogP contribution is -2.47. The monoisotopic (exact) mass is 322 g/mol. The first-order valence-electron chi connectivity index (χ1n) is 7.68. The number of rotatable bonds is 2. The molecule has 0 N–H and O–H groups in total. The predicted molar refractivity (Wildman–Crippen MR) is 90.1 cm³/mol. The van der Waals surface area contributed by atoms with E-state index in [1.54, 1.807) is 7.11 Å². The summed E-state index contributed by atoms with van der Waals surface area (Å²) in [6, 6.07) is 8.41. The third-order valence-electron chi connectivity index (χ3n) is 4.95. The van der Waals surface area contributed by atoms with Crippen molar-refractivity contribution in [3.8, 4) is 5.75 Å². The predicted octanol–water partition coefficient (Wildman–Crippen LogP) is 3.99. The molecule has 1 saturated heterocycles. The van der Waals surface area contributed by atoms with Gasteiger partial charge < -0.3 is 13.9 Å². The summed E-state index contributed by atoms with van der Waals surface area (Å²) in [4.78, 5) is 0. The van der Waals surface area contributed by atoms with Crippen LogP contribution in [0.1, 0.15) is 11.5 Å². The van der Waals surface area contributed by atoms with Crippen LogP contribution in [0.4, 0.5) is 0 Å². The first-order valence-corrected chi connectivity index (χ1v) is 14.2. The van der Waals surface area contributed by atoms with Gasteiger partial charge in [-0.05, 0) is 24.3 Å². The largest absolute Gasteiger partial charge is 0.488 e. The van der Waals surface area contributed by atoms with Crippen molar-refractivity contribution < 1.29 is 13.9 Å².